The van der Waals surface area contributed by atoms with Crippen molar-refractivity contribution in [2.45, 2.75) is 6.18 Å². The third-order valence-electron chi connectivity index (χ3n) is 5.46. The van der Waals surface area contributed by atoms with Crippen molar-refractivity contribution in [3.05, 3.63) is 71.8 Å². The van der Waals surface area contributed by atoms with Crippen LogP contribution >= 0.6 is 0 Å². The first-order valence-corrected chi connectivity index (χ1v) is 10.3. The molecule has 4 rings (SSSR count). The first-order chi connectivity index (χ1) is 15.3. The summed E-state index contributed by atoms with van der Waals surface area (Å²) in [7, 11) is 0. The summed E-state index contributed by atoms with van der Waals surface area (Å²) < 4.78 is 44.1. The summed E-state index contributed by atoms with van der Waals surface area (Å²) in [5, 5.41) is 13.5. The van der Waals surface area contributed by atoms with Crippen LogP contribution in [0.15, 0.2) is 60.7 Å². The SMILES string of the molecule is O=C(c1ccc2c(Oc3ccc(C(F)(F)F)cc3)cccc2c1)N1CC(CNCCO)C1. The Morgan fingerprint density at radius 2 is 1.84 bits per heavy atom. The Hall–Kier alpha value is -3.10. The Kier molecular flexibility index (Phi) is 6.34. The Balaban J connectivity index is 1.45. The van der Waals surface area contributed by atoms with Crippen molar-refractivity contribution in [3.8, 4) is 11.5 Å². The predicted molar refractivity (Wildman–Crippen MR) is 115 cm³/mol. The van der Waals surface area contributed by atoms with E-state index < -0.39 is 11.7 Å². The lowest BCUT2D eigenvalue weighted by Gasteiger charge is -2.39. The number of hydrogen-bond acceptors (Lipinski definition) is 4. The maximum Gasteiger partial charge on any atom is 0.416 e. The molecule has 3 aromatic rings. The van der Waals surface area contributed by atoms with E-state index >= 15 is 0 Å². The number of nitrogens with one attached hydrogen (secondary N) is 1. The van der Waals surface area contributed by atoms with Gasteiger partial charge in [0.15, 0.2) is 0 Å². The lowest BCUT2D eigenvalue weighted by Crippen LogP contribution is -2.53. The standard InChI is InChI=1S/C24H23F3N2O3/c25-24(26,27)19-5-7-20(8-6-19)32-22-3-1-2-17-12-18(4-9-21(17)22)23(31)29-14-16(15-29)13-28-10-11-30/h1-9,12,16,28,30H,10-11,13-15H2. The second kappa shape index (κ2) is 9.18. The quantitative estimate of drug-likeness (QED) is 0.534. The minimum Gasteiger partial charge on any atom is -0.457 e. The van der Waals surface area contributed by atoms with Crippen molar-refractivity contribution in [2.75, 3.05) is 32.8 Å². The lowest BCUT2D eigenvalue weighted by atomic mass is 9.98. The smallest absolute Gasteiger partial charge is 0.416 e. The molecule has 2 N–H and O–H groups in total. The molecule has 0 unspecified atom stereocenters. The maximum absolute atomic E-state index is 12.8. The van der Waals surface area contributed by atoms with Crippen LogP contribution in [-0.4, -0.2) is 48.7 Å². The van der Waals surface area contributed by atoms with Gasteiger partial charge in [-0.15, -0.1) is 0 Å². The minimum atomic E-state index is -4.40. The monoisotopic (exact) mass is 444 g/mol. The number of amides is 1. The highest BCUT2D eigenvalue weighted by Gasteiger charge is 2.31. The third-order valence-corrected chi connectivity index (χ3v) is 5.46. The van der Waals surface area contributed by atoms with Crippen LogP contribution in [-0.2, 0) is 6.18 Å². The highest BCUT2D eigenvalue weighted by atomic mass is 19.4. The predicted octanol–water partition coefficient (Wildman–Crippen LogP) is 4.30. The van der Waals surface area contributed by atoms with Gasteiger partial charge in [0.25, 0.3) is 5.91 Å². The Bertz CT molecular complexity index is 1090. The molecule has 1 aliphatic heterocycles. The number of nitrogens with zero attached hydrogens (tertiary/aromatic N) is 1. The van der Waals surface area contributed by atoms with Crippen LogP contribution in [0.3, 0.4) is 0 Å². The molecular formula is C24H23F3N2O3. The normalized spacial score (nSPS) is 14.4. The first-order valence-electron chi connectivity index (χ1n) is 10.3. The first kappa shape index (κ1) is 22.1. The van der Waals surface area contributed by atoms with Gasteiger partial charge in [0.05, 0.1) is 12.2 Å². The van der Waals surface area contributed by atoms with Crippen molar-refractivity contribution in [1.29, 1.82) is 0 Å². The average Bonchev–Trinajstić information content (AvgIpc) is 2.74. The van der Waals surface area contributed by atoms with Crippen LogP contribution in [0.5, 0.6) is 11.5 Å². The number of carbonyl (C=O) groups excluding carboxylic acids is 1. The Labute approximate surface area is 183 Å². The van der Waals surface area contributed by atoms with Gasteiger partial charge in [-0.1, -0.05) is 12.1 Å². The van der Waals surface area contributed by atoms with Gasteiger partial charge in [0.2, 0.25) is 0 Å². The number of alkyl halides is 3. The van der Waals surface area contributed by atoms with E-state index in [1.165, 1.54) is 12.1 Å². The van der Waals surface area contributed by atoms with Crippen LogP contribution < -0.4 is 10.1 Å². The third kappa shape index (κ3) is 4.87. The molecule has 0 atom stereocenters. The summed E-state index contributed by atoms with van der Waals surface area (Å²) in [5.41, 5.74) is -0.158. The van der Waals surface area contributed by atoms with Crippen LogP contribution in [0.4, 0.5) is 13.2 Å². The van der Waals surface area contributed by atoms with E-state index in [1.807, 2.05) is 6.07 Å². The van der Waals surface area contributed by atoms with Gasteiger partial charge in [-0.2, -0.15) is 13.2 Å². The molecule has 1 saturated heterocycles. The van der Waals surface area contributed by atoms with Crippen molar-refractivity contribution >= 4 is 16.7 Å². The van der Waals surface area contributed by atoms with Gasteiger partial charge >= 0.3 is 6.18 Å². The average molecular weight is 444 g/mol. The zero-order valence-corrected chi connectivity index (χ0v) is 17.2. The van der Waals surface area contributed by atoms with Crippen LogP contribution in [0, 0.1) is 5.92 Å². The number of aliphatic hydroxyl groups is 1. The molecule has 3 aromatic carbocycles. The number of aliphatic hydroxyl groups excluding tert-OH is 1. The summed E-state index contributed by atoms with van der Waals surface area (Å²) >= 11 is 0. The largest absolute Gasteiger partial charge is 0.457 e. The topological polar surface area (TPSA) is 61.8 Å². The summed E-state index contributed by atoms with van der Waals surface area (Å²) in [5.74, 6) is 1.14. The molecule has 8 heteroatoms. The summed E-state index contributed by atoms with van der Waals surface area (Å²) in [6, 6.07) is 15.3. The lowest BCUT2D eigenvalue weighted by molar-refractivity contribution is -0.137. The number of ether oxygens (including phenoxy) is 1. The number of benzene rings is 3. The number of likely N-dealkylation sites (tertiary alicyclic amines) is 1. The van der Waals surface area contributed by atoms with E-state index in [0.717, 1.165) is 29.4 Å². The summed E-state index contributed by atoms with van der Waals surface area (Å²) in [6.45, 7) is 2.76. The molecule has 0 radical (unpaired) electrons. The molecule has 1 amide bonds. The fourth-order valence-electron chi connectivity index (χ4n) is 3.75. The van der Waals surface area contributed by atoms with Crippen LogP contribution in [0.25, 0.3) is 10.8 Å². The number of hydrogen-bond donors (Lipinski definition) is 2. The van der Waals surface area contributed by atoms with Crippen LogP contribution in [0.2, 0.25) is 0 Å². The van der Waals surface area contributed by atoms with Crippen molar-refractivity contribution in [1.82, 2.24) is 10.2 Å². The zero-order chi connectivity index (χ0) is 22.7. The fraction of sp³-hybridized carbons (Fsp3) is 0.292. The van der Waals surface area contributed by atoms with E-state index in [9.17, 15) is 18.0 Å². The molecule has 0 aliphatic carbocycles. The highest BCUT2D eigenvalue weighted by Crippen LogP contribution is 2.34. The van der Waals surface area contributed by atoms with E-state index in [4.69, 9.17) is 9.84 Å². The van der Waals surface area contributed by atoms with E-state index in [2.05, 4.69) is 5.32 Å². The van der Waals surface area contributed by atoms with Gasteiger partial charge in [0.1, 0.15) is 11.5 Å². The van der Waals surface area contributed by atoms with E-state index in [0.29, 0.717) is 42.6 Å². The van der Waals surface area contributed by atoms with Gasteiger partial charge < -0.3 is 20.1 Å². The van der Waals surface area contributed by atoms with Gasteiger partial charge in [-0.3, -0.25) is 4.79 Å². The van der Waals surface area contributed by atoms with E-state index in [1.54, 1.807) is 35.2 Å². The molecular weight excluding hydrogens is 421 g/mol. The number of fused-ring (bicyclic) bond motifs is 1. The molecule has 0 spiro atoms. The van der Waals surface area contributed by atoms with Gasteiger partial charge in [0, 0.05) is 43.0 Å². The zero-order valence-electron chi connectivity index (χ0n) is 17.2. The number of rotatable bonds is 7. The maximum atomic E-state index is 12.8. The second-order valence-electron chi connectivity index (χ2n) is 7.82. The van der Waals surface area contributed by atoms with Crippen molar-refractivity contribution < 1.29 is 27.8 Å². The Morgan fingerprint density at radius 1 is 1.09 bits per heavy atom. The highest BCUT2D eigenvalue weighted by molar-refractivity contribution is 6.00. The summed E-state index contributed by atoms with van der Waals surface area (Å²) in [4.78, 5) is 14.6. The molecule has 1 aliphatic rings. The number of carbonyl (C=O) groups is 1. The molecule has 0 aromatic heterocycles. The molecule has 0 bridgehead atoms. The number of halogens is 3. The van der Waals surface area contributed by atoms with Gasteiger partial charge in [-0.05, 0) is 53.9 Å². The molecule has 1 heterocycles. The van der Waals surface area contributed by atoms with Crippen molar-refractivity contribution in [2.24, 2.45) is 5.92 Å². The molecule has 0 saturated carbocycles. The van der Waals surface area contributed by atoms with Crippen LogP contribution in [0.1, 0.15) is 15.9 Å². The summed E-state index contributed by atoms with van der Waals surface area (Å²) in [6.07, 6.45) is -4.40. The molecule has 168 valence electrons. The second-order valence-corrected chi connectivity index (χ2v) is 7.82. The Morgan fingerprint density at radius 3 is 2.53 bits per heavy atom. The molecule has 5 nitrogen and oxygen atoms in total. The molecule has 32 heavy (non-hydrogen) atoms. The van der Waals surface area contributed by atoms with Gasteiger partial charge in [-0.25, -0.2) is 0 Å². The molecule has 1 fully saturated rings. The van der Waals surface area contributed by atoms with Crippen molar-refractivity contribution in [3.63, 3.8) is 0 Å². The minimum absolute atomic E-state index is 0.0423. The fourth-order valence-corrected chi connectivity index (χ4v) is 3.75. The van der Waals surface area contributed by atoms with E-state index in [-0.39, 0.29) is 12.5 Å².